The summed E-state index contributed by atoms with van der Waals surface area (Å²) in [5, 5.41) is 12.9. The summed E-state index contributed by atoms with van der Waals surface area (Å²) in [5.41, 5.74) is 5.13. The van der Waals surface area contributed by atoms with E-state index in [1.54, 1.807) is 6.07 Å². The number of unbranched alkanes of at least 4 members (excludes halogenated alkanes) is 1. The second-order valence-corrected chi connectivity index (χ2v) is 5.52. The summed E-state index contributed by atoms with van der Waals surface area (Å²) in [6.45, 7) is 3.89. The molecule has 2 heterocycles. The van der Waals surface area contributed by atoms with Crippen molar-refractivity contribution >= 4 is 17.8 Å². The molecule has 5 N–H and O–H groups in total. The number of carbonyl (C=O) groups is 2. The number of hydrogen-bond donors (Lipinski definition) is 4. The van der Waals surface area contributed by atoms with Crippen LogP contribution < -0.4 is 21.7 Å². The first-order valence-corrected chi connectivity index (χ1v) is 7.73. The maximum Gasteiger partial charge on any atom is 0.312 e. The Morgan fingerprint density at radius 2 is 2.41 bits per heavy atom. The van der Waals surface area contributed by atoms with E-state index in [2.05, 4.69) is 21.0 Å². The molecular weight excluding hydrogens is 284 g/mol. The molecule has 0 spiro atoms. The van der Waals surface area contributed by atoms with Gasteiger partial charge < -0.3 is 21.7 Å². The largest absolute Gasteiger partial charge is 0.352 e. The molecule has 22 heavy (non-hydrogen) atoms. The molecule has 3 amide bonds. The fourth-order valence-corrected chi connectivity index (χ4v) is 2.54. The molecule has 8 nitrogen and oxygen atoms in total. The summed E-state index contributed by atoms with van der Waals surface area (Å²) in [7, 11) is 0. The van der Waals surface area contributed by atoms with Gasteiger partial charge >= 0.3 is 6.03 Å². The first kappa shape index (κ1) is 16.3. The van der Waals surface area contributed by atoms with E-state index in [1.165, 1.54) is 0 Å². The fourth-order valence-electron chi connectivity index (χ4n) is 2.54. The van der Waals surface area contributed by atoms with Gasteiger partial charge in [-0.1, -0.05) is 19.8 Å². The molecule has 1 aromatic heterocycles. The van der Waals surface area contributed by atoms with Crippen LogP contribution in [0.1, 0.15) is 38.6 Å². The Hall–Kier alpha value is -2.09. The zero-order valence-corrected chi connectivity index (χ0v) is 12.8. The van der Waals surface area contributed by atoms with Crippen molar-refractivity contribution in [1.82, 2.24) is 20.4 Å². The Labute approximate surface area is 129 Å². The number of hydrogen-bond acceptors (Lipinski definition) is 4. The number of primary amides is 1. The van der Waals surface area contributed by atoms with Crippen molar-refractivity contribution in [1.29, 1.82) is 0 Å². The molecule has 1 fully saturated rings. The fraction of sp³-hybridized carbons (Fsp3) is 0.643. The zero-order chi connectivity index (χ0) is 15.9. The first-order valence-electron chi connectivity index (χ1n) is 7.73. The maximum absolute atomic E-state index is 12.2. The third-order valence-electron chi connectivity index (χ3n) is 3.75. The van der Waals surface area contributed by atoms with Crippen LogP contribution in [0, 0.1) is 0 Å². The molecule has 0 radical (unpaired) electrons. The van der Waals surface area contributed by atoms with Crippen molar-refractivity contribution in [2.75, 3.05) is 18.4 Å². The van der Waals surface area contributed by atoms with Crippen LogP contribution in [0.2, 0.25) is 0 Å². The predicted molar refractivity (Wildman–Crippen MR) is 83.4 cm³/mol. The second kappa shape index (κ2) is 7.79. The second-order valence-electron chi connectivity index (χ2n) is 5.52. The molecule has 0 aliphatic carbocycles. The van der Waals surface area contributed by atoms with Crippen LogP contribution in [0.15, 0.2) is 12.3 Å². The van der Waals surface area contributed by atoms with Gasteiger partial charge in [0.05, 0.1) is 6.04 Å². The summed E-state index contributed by atoms with van der Waals surface area (Å²) in [6, 6.07) is 0.761. The van der Waals surface area contributed by atoms with Crippen molar-refractivity contribution in [3.63, 3.8) is 0 Å². The van der Waals surface area contributed by atoms with Crippen LogP contribution in [0.25, 0.3) is 0 Å². The monoisotopic (exact) mass is 308 g/mol. The van der Waals surface area contributed by atoms with Gasteiger partial charge in [0.1, 0.15) is 6.04 Å². The molecule has 0 bridgehead atoms. The van der Waals surface area contributed by atoms with E-state index >= 15 is 0 Å². The minimum absolute atomic E-state index is 0.290. The van der Waals surface area contributed by atoms with Gasteiger partial charge in [-0.2, -0.15) is 5.10 Å². The number of nitrogens with two attached hydrogens (primary N) is 1. The molecular formula is C14H24N6O2. The van der Waals surface area contributed by atoms with Crippen LogP contribution in [-0.2, 0) is 4.79 Å². The van der Waals surface area contributed by atoms with E-state index in [1.807, 2.05) is 17.8 Å². The average molecular weight is 308 g/mol. The summed E-state index contributed by atoms with van der Waals surface area (Å²) < 4.78 is 1.86. The molecule has 2 atom stereocenters. The number of rotatable bonds is 7. The third-order valence-corrected chi connectivity index (χ3v) is 3.75. The van der Waals surface area contributed by atoms with Gasteiger partial charge in [-0.15, -0.1) is 0 Å². The topological polar surface area (TPSA) is 114 Å². The van der Waals surface area contributed by atoms with Crippen molar-refractivity contribution in [3.05, 3.63) is 12.3 Å². The number of carbonyl (C=O) groups excluding carboxylic acids is 2. The molecule has 8 heteroatoms. The van der Waals surface area contributed by atoms with Gasteiger partial charge in [-0.05, 0) is 19.4 Å². The lowest BCUT2D eigenvalue weighted by molar-refractivity contribution is -0.118. The first-order chi connectivity index (χ1) is 10.6. The van der Waals surface area contributed by atoms with Crippen molar-refractivity contribution in [2.45, 2.75) is 44.7 Å². The minimum Gasteiger partial charge on any atom is -0.352 e. The van der Waals surface area contributed by atoms with E-state index in [9.17, 15) is 9.59 Å². The Bertz CT molecular complexity index is 509. The highest BCUT2D eigenvalue weighted by atomic mass is 16.2. The normalized spacial score (nSPS) is 18.9. The Morgan fingerprint density at radius 1 is 1.59 bits per heavy atom. The van der Waals surface area contributed by atoms with Gasteiger partial charge in [0, 0.05) is 18.8 Å². The van der Waals surface area contributed by atoms with Crippen molar-refractivity contribution < 1.29 is 9.59 Å². The van der Waals surface area contributed by atoms with Gasteiger partial charge in [-0.25, -0.2) is 4.79 Å². The quantitative estimate of drug-likeness (QED) is 0.590. The van der Waals surface area contributed by atoms with E-state index in [0.717, 1.165) is 32.4 Å². The van der Waals surface area contributed by atoms with Crippen molar-refractivity contribution in [2.24, 2.45) is 5.73 Å². The molecule has 0 saturated carbocycles. The van der Waals surface area contributed by atoms with Gasteiger partial charge in [0.25, 0.3) is 0 Å². The molecule has 1 aliphatic heterocycles. The van der Waals surface area contributed by atoms with Crippen LogP contribution in [0.3, 0.4) is 0 Å². The molecule has 122 valence electrons. The smallest absolute Gasteiger partial charge is 0.312 e. The summed E-state index contributed by atoms with van der Waals surface area (Å²) in [4.78, 5) is 23.3. The standard InChI is InChI=1S/C14H24N6O2/c1-2-3-4-11(17-14(15)22)13(21)18-12-6-8-20(19-12)10-5-7-16-9-10/h6,8,10-11,16H,2-5,7,9H2,1H3,(H3,15,17,22)(H,18,19,21)/t10-,11+/m0/s1. The SMILES string of the molecule is CCCC[C@@H](NC(N)=O)C(=O)Nc1ccn([C@H]2CCNC2)n1. The highest BCUT2D eigenvalue weighted by Crippen LogP contribution is 2.16. The summed E-state index contributed by atoms with van der Waals surface area (Å²) in [6.07, 6.45) is 5.21. The summed E-state index contributed by atoms with van der Waals surface area (Å²) >= 11 is 0. The molecule has 1 aliphatic rings. The number of anilines is 1. The number of amides is 3. The van der Waals surface area contributed by atoms with Gasteiger partial charge in [0.15, 0.2) is 5.82 Å². The number of nitrogens with zero attached hydrogens (tertiary/aromatic N) is 2. The molecule has 0 aromatic carbocycles. The third kappa shape index (κ3) is 4.45. The molecule has 1 aromatic rings. The molecule has 1 saturated heterocycles. The predicted octanol–water partition coefficient (Wildman–Crippen LogP) is 0.583. The lowest BCUT2D eigenvalue weighted by Gasteiger charge is -2.16. The number of nitrogens with one attached hydrogen (secondary N) is 3. The zero-order valence-electron chi connectivity index (χ0n) is 12.8. The van der Waals surface area contributed by atoms with E-state index in [0.29, 0.717) is 18.3 Å². The van der Waals surface area contributed by atoms with Crippen LogP contribution in [0.4, 0.5) is 10.6 Å². The Morgan fingerprint density at radius 3 is 3.05 bits per heavy atom. The van der Waals surface area contributed by atoms with Crippen molar-refractivity contribution in [3.8, 4) is 0 Å². The maximum atomic E-state index is 12.2. The van der Waals surface area contributed by atoms with E-state index < -0.39 is 12.1 Å². The lowest BCUT2D eigenvalue weighted by atomic mass is 10.1. The van der Waals surface area contributed by atoms with Crippen LogP contribution >= 0.6 is 0 Å². The minimum atomic E-state index is -0.696. The Balaban J connectivity index is 1.94. The van der Waals surface area contributed by atoms with Crippen LogP contribution in [0.5, 0.6) is 0 Å². The summed E-state index contributed by atoms with van der Waals surface area (Å²) in [5.74, 6) is 0.201. The van der Waals surface area contributed by atoms with E-state index in [-0.39, 0.29) is 5.91 Å². The van der Waals surface area contributed by atoms with Crippen LogP contribution in [-0.4, -0.2) is 40.9 Å². The lowest BCUT2D eigenvalue weighted by Crippen LogP contribution is -2.46. The highest BCUT2D eigenvalue weighted by molar-refractivity contribution is 5.96. The average Bonchev–Trinajstić information content (AvgIpc) is 3.13. The Kier molecular flexibility index (Phi) is 5.76. The van der Waals surface area contributed by atoms with Gasteiger partial charge in [-0.3, -0.25) is 9.48 Å². The molecule has 0 unspecified atom stereocenters. The van der Waals surface area contributed by atoms with E-state index in [4.69, 9.17) is 5.73 Å². The number of aromatic nitrogens is 2. The highest BCUT2D eigenvalue weighted by Gasteiger charge is 2.21. The number of urea groups is 1. The molecule has 2 rings (SSSR count). The van der Waals surface area contributed by atoms with Gasteiger partial charge in [0.2, 0.25) is 5.91 Å².